The van der Waals surface area contributed by atoms with Crippen LogP contribution in [0.15, 0.2) is 55.0 Å². The second-order valence-corrected chi connectivity index (χ2v) is 5.37. The van der Waals surface area contributed by atoms with Gasteiger partial charge in [-0.25, -0.2) is 0 Å². The molecule has 0 radical (unpaired) electrons. The number of hydrogen-bond acceptors (Lipinski definition) is 4. The fourth-order valence-electron chi connectivity index (χ4n) is 2.70. The Morgan fingerprint density at radius 3 is 2.71 bits per heavy atom. The van der Waals surface area contributed by atoms with Crippen LogP contribution in [0, 0.1) is 0 Å². The molecule has 5 nitrogen and oxygen atoms in total. The van der Waals surface area contributed by atoms with Crippen LogP contribution in [0.1, 0.15) is 30.1 Å². The normalized spacial score (nSPS) is 10.7. The van der Waals surface area contributed by atoms with Crippen molar-refractivity contribution in [3.8, 4) is 5.69 Å². The zero-order valence-electron chi connectivity index (χ0n) is 13.4. The van der Waals surface area contributed by atoms with Crippen LogP contribution in [0.4, 0.5) is 0 Å². The number of esters is 1. The van der Waals surface area contributed by atoms with Crippen LogP contribution < -0.4 is 0 Å². The molecule has 1 aromatic carbocycles. The molecule has 0 amide bonds. The molecule has 0 saturated carbocycles. The Kier molecular flexibility index (Phi) is 4.70. The number of carbonyl (C=O) groups excluding carboxylic acids is 2. The van der Waals surface area contributed by atoms with Crippen LogP contribution in [0.2, 0.25) is 0 Å². The Morgan fingerprint density at radius 2 is 1.96 bits per heavy atom. The van der Waals surface area contributed by atoms with Crippen molar-refractivity contribution in [2.45, 2.75) is 19.8 Å². The van der Waals surface area contributed by atoms with Gasteiger partial charge in [0.05, 0.1) is 30.4 Å². The van der Waals surface area contributed by atoms with Gasteiger partial charge in [0.2, 0.25) is 0 Å². The minimum atomic E-state index is -0.346. The lowest BCUT2D eigenvalue weighted by molar-refractivity contribution is -0.143. The van der Waals surface area contributed by atoms with Gasteiger partial charge in [-0.3, -0.25) is 14.6 Å². The predicted molar refractivity (Wildman–Crippen MR) is 91.3 cm³/mol. The zero-order valence-corrected chi connectivity index (χ0v) is 13.4. The summed E-state index contributed by atoms with van der Waals surface area (Å²) in [6, 6.07) is 11.5. The van der Waals surface area contributed by atoms with Crippen molar-refractivity contribution in [3.63, 3.8) is 0 Å². The number of para-hydroxylation sites is 1. The summed E-state index contributed by atoms with van der Waals surface area (Å²) in [4.78, 5) is 28.2. The maximum Gasteiger partial charge on any atom is 0.306 e. The second-order valence-electron chi connectivity index (χ2n) is 5.37. The molecule has 2 aromatic heterocycles. The topological polar surface area (TPSA) is 61.2 Å². The van der Waals surface area contributed by atoms with Crippen LogP contribution >= 0.6 is 0 Å². The van der Waals surface area contributed by atoms with E-state index in [1.54, 1.807) is 19.3 Å². The largest absolute Gasteiger partial charge is 0.466 e. The molecule has 0 spiro atoms. The van der Waals surface area contributed by atoms with Crippen molar-refractivity contribution < 1.29 is 14.3 Å². The highest BCUT2D eigenvalue weighted by Gasteiger charge is 2.17. The van der Waals surface area contributed by atoms with E-state index < -0.39 is 0 Å². The molecule has 24 heavy (non-hydrogen) atoms. The number of aromatic nitrogens is 2. The van der Waals surface area contributed by atoms with Gasteiger partial charge in [0.25, 0.3) is 0 Å². The average Bonchev–Trinajstić information content (AvgIpc) is 3.00. The van der Waals surface area contributed by atoms with Crippen LogP contribution in [0.3, 0.4) is 0 Å². The molecule has 0 aliphatic rings. The Balaban J connectivity index is 1.94. The lowest BCUT2D eigenvalue weighted by Crippen LogP contribution is -2.07. The molecule has 5 heteroatoms. The van der Waals surface area contributed by atoms with E-state index in [0.29, 0.717) is 12.2 Å². The molecule has 122 valence electrons. The summed E-state index contributed by atoms with van der Waals surface area (Å²) in [6.07, 6.45) is 5.51. The number of hydrogen-bond donors (Lipinski definition) is 0. The molecule has 3 aromatic rings. The summed E-state index contributed by atoms with van der Waals surface area (Å²) in [5.41, 5.74) is 2.43. The molecule has 0 aliphatic carbocycles. The first-order valence-corrected chi connectivity index (χ1v) is 7.90. The zero-order chi connectivity index (χ0) is 16.9. The highest BCUT2D eigenvalue weighted by Crippen LogP contribution is 2.25. The molecule has 0 unspecified atom stereocenters. The third-order valence-electron chi connectivity index (χ3n) is 3.80. The number of fused-ring (bicyclic) bond motifs is 1. The van der Waals surface area contributed by atoms with Gasteiger partial charge in [0.15, 0.2) is 5.78 Å². The molecule has 0 saturated heterocycles. The lowest BCUT2D eigenvalue weighted by Gasteiger charge is -2.03. The standard InChI is InChI=1S/C19H18N2O3/c1-2-24-19(23)10-9-18(22)16-13-21(14-6-5-11-20-12-14)17-8-4-3-7-15(16)17/h3-8,11-13H,2,9-10H2,1H3. The maximum absolute atomic E-state index is 12.6. The number of carbonyl (C=O) groups is 2. The molecule has 0 bridgehead atoms. The first-order valence-electron chi connectivity index (χ1n) is 7.90. The molecule has 0 fully saturated rings. The van der Waals surface area contributed by atoms with Gasteiger partial charge in [0.1, 0.15) is 0 Å². The van der Waals surface area contributed by atoms with Crippen molar-refractivity contribution in [2.24, 2.45) is 0 Å². The van der Waals surface area contributed by atoms with Gasteiger partial charge in [-0.15, -0.1) is 0 Å². The molecular weight excluding hydrogens is 304 g/mol. The van der Waals surface area contributed by atoms with E-state index in [0.717, 1.165) is 16.6 Å². The van der Waals surface area contributed by atoms with Gasteiger partial charge < -0.3 is 9.30 Å². The van der Waals surface area contributed by atoms with Gasteiger partial charge in [-0.2, -0.15) is 0 Å². The number of pyridine rings is 1. The number of rotatable bonds is 6. The Labute approximate surface area is 139 Å². The van der Waals surface area contributed by atoms with Crippen LogP contribution in [0.5, 0.6) is 0 Å². The lowest BCUT2D eigenvalue weighted by atomic mass is 10.1. The molecule has 2 heterocycles. The Bertz CT molecular complexity index is 869. The molecule has 0 N–H and O–H groups in total. The fourth-order valence-corrected chi connectivity index (χ4v) is 2.70. The minimum absolute atomic E-state index is 0.0677. The predicted octanol–water partition coefficient (Wildman–Crippen LogP) is 3.55. The minimum Gasteiger partial charge on any atom is -0.466 e. The van der Waals surface area contributed by atoms with Crippen LogP contribution in [-0.4, -0.2) is 27.9 Å². The number of nitrogens with zero attached hydrogens (tertiary/aromatic N) is 2. The van der Waals surface area contributed by atoms with Crippen molar-refractivity contribution in [3.05, 3.63) is 60.6 Å². The first-order chi connectivity index (χ1) is 11.7. The number of Topliss-reactive ketones (excluding diaryl/α,β-unsaturated/α-hetero) is 1. The Morgan fingerprint density at radius 1 is 1.12 bits per heavy atom. The van der Waals surface area contributed by atoms with Gasteiger partial charge in [-0.1, -0.05) is 18.2 Å². The molecule has 0 atom stereocenters. The van der Waals surface area contributed by atoms with E-state index in [1.165, 1.54) is 0 Å². The second kappa shape index (κ2) is 7.08. The highest BCUT2D eigenvalue weighted by molar-refractivity contribution is 6.09. The smallest absolute Gasteiger partial charge is 0.306 e. The Hall–Kier alpha value is -2.95. The van der Waals surface area contributed by atoms with Gasteiger partial charge in [-0.05, 0) is 25.1 Å². The third-order valence-corrected chi connectivity index (χ3v) is 3.80. The third kappa shape index (κ3) is 3.20. The highest BCUT2D eigenvalue weighted by atomic mass is 16.5. The summed E-state index contributed by atoms with van der Waals surface area (Å²) in [5.74, 6) is -0.413. The van der Waals surface area contributed by atoms with Crippen molar-refractivity contribution >= 4 is 22.7 Å². The first kappa shape index (κ1) is 15.9. The van der Waals surface area contributed by atoms with E-state index in [1.807, 2.05) is 47.2 Å². The van der Waals surface area contributed by atoms with E-state index >= 15 is 0 Å². The number of benzene rings is 1. The summed E-state index contributed by atoms with van der Waals surface area (Å²) >= 11 is 0. The van der Waals surface area contributed by atoms with E-state index in [-0.39, 0.29) is 24.6 Å². The van der Waals surface area contributed by atoms with Crippen molar-refractivity contribution in [2.75, 3.05) is 6.61 Å². The van der Waals surface area contributed by atoms with E-state index in [2.05, 4.69) is 4.98 Å². The van der Waals surface area contributed by atoms with Gasteiger partial charge in [0, 0.05) is 29.8 Å². The molecular formula is C19H18N2O3. The van der Waals surface area contributed by atoms with E-state index in [4.69, 9.17) is 4.74 Å². The quantitative estimate of drug-likeness (QED) is 0.514. The summed E-state index contributed by atoms with van der Waals surface area (Å²) in [6.45, 7) is 2.08. The average molecular weight is 322 g/mol. The summed E-state index contributed by atoms with van der Waals surface area (Å²) in [5, 5.41) is 0.871. The summed E-state index contributed by atoms with van der Waals surface area (Å²) < 4.78 is 6.83. The van der Waals surface area contributed by atoms with Crippen LogP contribution in [-0.2, 0) is 9.53 Å². The maximum atomic E-state index is 12.6. The van der Waals surface area contributed by atoms with Crippen LogP contribution in [0.25, 0.3) is 16.6 Å². The fraction of sp³-hybridized carbons (Fsp3) is 0.211. The molecule has 3 rings (SSSR count). The van der Waals surface area contributed by atoms with Crippen molar-refractivity contribution in [1.82, 2.24) is 9.55 Å². The monoisotopic (exact) mass is 322 g/mol. The van der Waals surface area contributed by atoms with Crippen molar-refractivity contribution in [1.29, 1.82) is 0 Å². The number of ketones is 1. The SMILES string of the molecule is CCOC(=O)CCC(=O)c1cn(-c2cccnc2)c2ccccc12. The van der Waals surface area contributed by atoms with Gasteiger partial charge >= 0.3 is 5.97 Å². The summed E-state index contributed by atoms with van der Waals surface area (Å²) in [7, 11) is 0. The molecule has 0 aliphatic heterocycles. The van der Waals surface area contributed by atoms with E-state index in [9.17, 15) is 9.59 Å². The number of ether oxygens (including phenoxy) is 1.